The third-order valence-electron chi connectivity index (χ3n) is 2.97. The van der Waals surface area contributed by atoms with Gasteiger partial charge in [-0.15, -0.1) is 0 Å². The Morgan fingerprint density at radius 3 is 2.81 bits per heavy atom. The molecule has 0 radical (unpaired) electrons. The number of benzene rings is 1. The summed E-state index contributed by atoms with van der Waals surface area (Å²) in [7, 11) is 2.04. The Balaban J connectivity index is 2.33. The second kappa shape index (κ2) is 4.00. The second-order valence-corrected chi connectivity index (χ2v) is 4.13. The first-order chi connectivity index (χ1) is 7.58. The van der Waals surface area contributed by atoms with Crippen molar-refractivity contribution in [2.24, 2.45) is 7.05 Å². The van der Waals surface area contributed by atoms with Crippen molar-refractivity contribution >= 4 is 16.9 Å². The Labute approximate surface area is 94.3 Å². The highest BCUT2D eigenvalue weighted by Gasteiger charge is 2.04. The monoisotopic (exact) mass is 217 g/mol. The smallest absolute Gasteiger partial charge is 0.303 e. The minimum atomic E-state index is -0.746. The van der Waals surface area contributed by atoms with Crippen molar-refractivity contribution in [2.45, 2.75) is 19.8 Å². The van der Waals surface area contributed by atoms with Gasteiger partial charge in [-0.2, -0.15) is 0 Å². The highest BCUT2D eigenvalue weighted by molar-refractivity contribution is 5.82. The van der Waals surface area contributed by atoms with Crippen LogP contribution in [-0.2, 0) is 18.3 Å². The van der Waals surface area contributed by atoms with Crippen LogP contribution in [0.25, 0.3) is 10.9 Å². The van der Waals surface area contributed by atoms with Crippen LogP contribution in [0.2, 0.25) is 0 Å². The number of aryl methyl sites for hydroxylation is 3. The van der Waals surface area contributed by atoms with Crippen LogP contribution in [0.3, 0.4) is 0 Å². The van der Waals surface area contributed by atoms with Crippen LogP contribution in [0.5, 0.6) is 0 Å². The van der Waals surface area contributed by atoms with Crippen molar-refractivity contribution in [1.82, 2.24) is 4.57 Å². The number of aromatic nitrogens is 1. The fourth-order valence-electron chi connectivity index (χ4n) is 1.94. The molecule has 0 spiro atoms. The number of nitrogens with zero attached hydrogens (tertiary/aromatic N) is 1. The van der Waals surface area contributed by atoms with E-state index in [1.807, 2.05) is 13.1 Å². The molecule has 0 aliphatic heterocycles. The predicted octanol–water partition coefficient (Wildman–Crippen LogP) is 2.50. The second-order valence-electron chi connectivity index (χ2n) is 4.13. The average molecular weight is 217 g/mol. The average Bonchev–Trinajstić information content (AvgIpc) is 2.52. The maximum absolute atomic E-state index is 10.5. The molecule has 0 aliphatic rings. The Morgan fingerprint density at radius 1 is 1.38 bits per heavy atom. The Hall–Kier alpha value is -1.77. The highest BCUT2D eigenvalue weighted by Crippen LogP contribution is 2.20. The molecular weight excluding hydrogens is 202 g/mol. The number of carboxylic acids is 1. The first kappa shape index (κ1) is 10.7. The lowest BCUT2D eigenvalue weighted by atomic mass is 10.1. The van der Waals surface area contributed by atoms with E-state index in [1.54, 1.807) is 0 Å². The molecule has 2 aromatic rings. The molecule has 1 heterocycles. The van der Waals surface area contributed by atoms with Gasteiger partial charge in [-0.05, 0) is 37.1 Å². The summed E-state index contributed by atoms with van der Waals surface area (Å²) in [5.41, 5.74) is 3.49. The highest BCUT2D eigenvalue weighted by atomic mass is 16.4. The summed E-state index contributed by atoms with van der Waals surface area (Å²) < 4.78 is 2.14. The molecule has 16 heavy (non-hydrogen) atoms. The van der Waals surface area contributed by atoms with E-state index in [2.05, 4.69) is 29.7 Å². The molecule has 3 heteroatoms. The zero-order valence-electron chi connectivity index (χ0n) is 9.53. The van der Waals surface area contributed by atoms with Gasteiger partial charge in [0.05, 0.1) is 0 Å². The molecule has 0 saturated heterocycles. The van der Waals surface area contributed by atoms with Crippen molar-refractivity contribution in [1.29, 1.82) is 0 Å². The molecule has 0 unspecified atom stereocenters. The summed E-state index contributed by atoms with van der Waals surface area (Å²) in [6, 6.07) is 8.26. The van der Waals surface area contributed by atoms with Crippen LogP contribution in [0.4, 0.5) is 0 Å². The molecule has 0 atom stereocenters. The number of carboxylic acid groups (broad SMARTS) is 1. The summed E-state index contributed by atoms with van der Waals surface area (Å²) in [6.45, 7) is 2.07. The number of hydrogen-bond acceptors (Lipinski definition) is 1. The van der Waals surface area contributed by atoms with Gasteiger partial charge in [0.2, 0.25) is 0 Å². The molecule has 0 bridgehead atoms. The predicted molar refractivity (Wildman–Crippen MR) is 63.6 cm³/mol. The van der Waals surface area contributed by atoms with Crippen LogP contribution in [-0.4, -0.2) is 15.6 Å². The largest absolute Gasteiger partial charge is 0.481 e. The fraction of sp³-hybridized carbons (Fsp3) is 0.308. The minimum absolute atomic E-state index is 0.192. The van der Waals surface area contributed by atoms with E-state index in [-0.39, 0.29) is 6.42 Å². The zero-order valence-corrected chi connectivity index (χ0v) is 9.53. The maximum Gasteiger partial charge on any atom is 0.303 e. The molecule has 0 fully saturated rings. The van der Waals surface area contributed by atoms with Gasteiger partial charge in [0.1, 0.15) is 0 Å². The number of fused-ring (bicyclic) bond motifs is 1. The van der Waals surface area contributed by atoms with E-state index in [1.165, 1.54) is 16.6 Å². The molecule has 1 N–H and O–H groups in total. The molecule has 3 nitrogen and oxygen atoms in total. The van der Waals surface area contributed by atoms with Crippen LogP contribution < -0.4 is 0 Å². The lowest BCUT2D eigenvalue weighted by molar-refractivity contribution is -0.136. The normalized spacial score (nSPS) is 10.9. The maximum atomic E-state index is 10.5. The Morgan fingerprint density at radius 2 is 2.12 bits per heavy atom. The van der Waals surface area contributed by atoms with Crippen molar-refractivity contribution < 1.29 is 9.90 Å². The number of carbonyl (C=O) groups is 1. The van der Waals surface area contributed by atoms with E-state index < -0.39 is 5.97 Å². The first-order valence-corrected chi connectivity index (χ1v) is 5.34. The van der Waals surface area contributed by atoms with E-state index in [4.69, 9.17) is 5.11 Å². The summed E-state index contributed by atoms with van der Waals surface area (Å²) in [4.78, 5) is 10.5. The van der Waals surface area contributed by atoms with Crippen LogP contribution in [0, 0.1) is 6.92 Å². The van der Waals surface area contributed by atoms with Crippen LogP contribution in [0.15, 0.2) is 24.3 Å². The van der Waals surface area contributed by atoms with Gasteiger partial charge in [-0.3, -0.25) is 4.79 Å². The number of hydrogen-bond donors (Lipinski definition) is 1. The van der Waals surface area contributed by atoms with Gasteiger partial charge in [-0.25, -0.2) is 0 Å². The molecule has 1 aromatic heterocycles. The minimum Gasteiger partial charge on any atom is -0.481 e. The van der Waals surface area contributed by atoms with Gasteiger partial charge < -0.3 is 9.67 Å². The third kappa shape index (κ3) is 1.94. The first-order valence-electron chi connectivity index (χ1n) is 5.34. The molecular formula is C13H15NO2. The van der Waals surface area contributed by atoms with Crippen molar-refractivity contribution in [3.8, 4) is 0 Å². The summed E-state index contributed by atoms with van der Waals surface area (Å²) in [5.74, 6) is -0.746. The van der Waals surface area contributed by atoms with Crippen LogP contribution >= 0.6 is 0 Å². The molecule has 0 aliphatic carbocycles. The standard InChI is InChI=1S/C13H15NO2/c1-9-7-11-8-10(4-6-13(15)16)3-5-12(11)14(9)2/h3,5,7-8H,4,6H2,1-2H3,(H,15,16). The van der Waals surface area contributed by atoms with Crippen molar-refractivity contribution in [3.05, 3.63) is 35.5 Å². The summed E-state index contributed by atoms with van der Waals surface area (Å²) >= 11 is 0. The fourth-order valence-corrected chi connectivity index (χ4v) is 1.94. The summed E-state index contributed by atoms with van der Waals surface area (Å²) in [6.07, 6.45) is 0.788. The van der Waals surface area contributed by atoms with Gasteiger partial charge in [-0.1, -0.05) is 6.07 Å². The van der Waals surface area contributed by atoms with E-state index in [9.17, 15) is 4.79 Å². The van der Waals surface area contributed by atoms with E-state index >= 15 is 0 Å². The lowest BCUT2D eigenvalue weighted by Gasteiger charge is -2.01. The van der Waals surface area contributed by atoms with Crippen molar-refractivity contribution in [2.75, 3.05) is 0 Å². The SMILES string of the molecule is Cc1cc2cc(CCC(=O)O)ccc2n1C. The van der Waals surface area contributed by atoms with Gasteiger partial charge >= 0.3 is 5.97 Å². The molecule has 0 amide bonds. The zero-order chi connectivity index (χ0) is 11.7. The summed E-state index contributed by atoms with van der Waals surface area (Å²) in [5, 5.41) is 9.82. The van der Waals surface area contributed by atoms with E-state index in [0.717, 1.165) is 5.56 Å². The van der Waals surface area contributed by atoms with Crippen molar-refractivity contribution in [3.63, 3.8) is 0 Å². The number of rotatable bonds is 3. The Kier molecular flexibility index (Phi) is 2.69. The molecule has 84 valence electrons. The lowest BCUT2D eigenvalue weighted by Crippen LogP contribution is -1.97. The van der Waals surface area contributed by atoms with Gasteiger partial charge in [0.25, 0.3) is 0 Å². The number of aliphatic carboxylic acids is 1. The van der Waals surface area contributed by atoms with E-state index in [0.29, 0.717) is 6.42 Å². The molecule has 1 aromatic carbocycles. The topological polar surface area (TPSA) is 42.2 Å². The van der Waals surface area contributed by atoms with Crippen LogP contribution in [0.1, 0.15) is 17.7 Å². The molecule has 0 saturated carbocycles. The Bertz CT molecular complexity index is 540. The van der Waals surface area contributed by atoms with Gasteiger partial charge in [0, 0.05) is 30.1 Å². The molecule has 2 rings (SSSR count). The quantitative estimate of drug-likeness (QED) is 0.858. The third-order valence-corrected chi connectivity index (χ3v) is 2.97. The van der Waals surface area contributed by atoms with Gasteiger partial charge in [0.15, 0.2) is 0 Å².